The van der Waals surface area contributed by atoms with Crippen molar-refractivity contribution < 1.29 is 22.8 Å². The Bertz CT molecular complexity index is 1080. The molecule has 0 spiro atoms. The number of hydrogen-bond acceptors (Lipinski definition) is 4. The zero-order valence-electron chi connectivity index (χ0n) is 14.6. The summed E-state index contributed by atoms with van der Waals surface area (Å²) < 4.78 is 40.3. The number of fused-ring (bicyclic) bond motifs is 1. The molecule has 2 aromatic heterocycles. The molecule has 7 nitrogen and oxygen atoms in total. The molecule has 2 amide bonds. The average molecular weight is 412 g/mol. The number of anilines is 2. The fourth-order valence-corrected chi connectivity index (χ4v) is 2.74. The van der Waals surface area contributed by atoms with Crippen LogP contribution in [0.15, 0.2) is 30.3 Å². The number of benzene rings is 1. The number of nitrogens with one attached hydrogen (secondary N) is 2. The zero-order valence-corrected chi connectivity index (χ0v) is 15.3. The summed E-state index contributed by atoms with van der Waals surface area (Å²) in [5.74, 6) is -1.05. The van der Waals surface area contributed by atoms with Crippen molar-refractivity contribution >= 4 is 40.4 Å². The highest BCUT2D eigenvalue weighted by Gasteiger charge is 2.36. The van der Waals surface area contributed by atoms with Gasteiger partial charge in [-0.25, -0.2) is 9.50 Å². The lowest BCUT2D eigenvalue weighted by atomic mass is 10.2. The van der Waals surface area contributed by atoms with E-state index < -0.39 is 23.5 Å². The maximum Gasteiger partial charge on any atom is 0.433 e. The SMILES string of the molecule is CC(=O)Nc1ccc(NC(=O)c2nn3c(C(F)(F)F)cc(C)nc3c2Cl)cc1. The molecule has 28 heavy (non-hydrogen) atoms. The zero-order chi connectivity index (χ0) is 20.6. The van der Waals surface area contributed by atoms with E-state index in [1.165, 1.54) is 26.0 Å². The molecule has 146 valence electrons. The summed E-state index contributed by atoms with van der Waals surface area (Å²) in [7, 11) is 0. The molecule has 0 fully saturated rings. The van der Waals surface area contributed by atoms with E-state index in [1.54, 1.807) is 12.1 Å². The summed E-state index contributed by atoms with van der Waals surface area (Å²) in [4.78, 5) is 27.4. The van der Waals surface area contributed by atoms with Crippen molar-refractivity contribution in [3.8, 4) is 0 Å². The van der Waals surface area contributed by atoms with E-state index in [1.807, 2.05) is 0 Å². The molecular weight excluding hydrogens is 399 g/mol. The first-order chi connectivity index (χ1) is 13.1. The molecular formula is C17H13ClF3N5O2. The Morgan fingerprint density at radius 2 is 1.68 bits per heavy atom. The van der Waals surface area contributed by atoms with Gasteiger partial charge >= 0.3 is 6.18 Å². The molecule has 0 aliphatic carbocycles. The van der Waals surface area contributed by atoms with Crippen LogP contribution in [0.1, 0.15) is 28.8 Å². The largest absolute Gasteiger partial charge is 0.433 e. The van der Waals surface area contributed by atoms with Crippen molar-refractivity contribution in [2.45, 2.75) is 20.0 Å². The highest BCUT2D eigenvalue weighted by molar-refractivity contribution is 6.37. The Labute approximate surface area is 161 Å². The number of amides is 2. The smallest absolute Gasteiger partial charge is 0.326 e. The molecule has 0 aliphatic rings. The highest BCUT2D eigenvalue weighted by Crippen LogP contribution is 2.32. The molecule has 1 aromatic carbocycles. The number of nitrogens with zero attached hydrogens (tertiary/aromatic N) is 3. The number of alkyl halides is 3. The molecule has 3 aromatic rings. The second-order valence-electron chi connectivity index (χ2n) is 5.89. The van der Waals surface area contributed by atoms with Crippen LogP contribution in [0, 0.1) is 6.92 Å². The minimum Gasteiger partial charge on any atom is -0.326 e. The van der Waals surface area contributed by atoms with Crippen LogP contribution in [0.4, 0.5) is 24.5 Å². The number of carbonyl (C=O) groups excluding carboxylic acids is 2. The predicted molar refractivity (Wildman–Crippen MR) is 96.4 cm³/mol. The Hall–Kier alpha value is -3.14. The number of halogens is 4. The first-order valence-electron chi connectivity index (χ1n) is 7.88. The maximum absolute atomic E-state index is 13.3. The molecule has 0 saturated carbocycles. The monoisotopic (exact) mass is 411 g/mol. The number of hydrogen-bond donors (Lipinski definition) is 2. The minimum atomic E-state index is -4.70. The summed E-state index contributed by atoms with van der Waals surface area (Å²) in [5, 5.41) is 8.47. The second kappa shape index (κ2) is 7.12. The Balaban J connectivity index is 1.94. The fourth-order valence-electron chi connectivity index (χ4n) is 2.49. The summed E-state index contributed by atoms with van der Waals surface area (Å²) in [5.41, 5.74) is -0.799. The predicted octanol–water partition coefficient (Wildman–Crippen LogP) is 3.92. The van der Waals surface area contributed by atoms with Gasteiger partial charge in [0.15, 0.2) is 11.3 Å². The van der Waals surface area contributed by atoms with Crippen LogP contribution < -0.4 is 10.6 Å². The third-order valence-electron chi connectivity index (χ3n) is 3.63. The lowest BCUT2D eigenvalue weighted by molar-refractivity contribution is -0.142. The molecule has 0 radical (unpaired) electrons. The van der Waals surface area contributed by atoms with Crippen LogP contribution in [-0.2, 0) is 11.0 Å². The van der Waals surface area contributed by atoms with Crippen LogP contribution in [0.3, 0.4) is 0 Å². The minimum absolute atomic E-state index is 0.0853. The van der Waals surface area contributed by atoms with E-state index in [0.717, 1.165) is 6.07 Å². The van der Waals surface area contributed by atoms with E-state index in [9.17, 15) is 22.8 Å². The van der Waals surface area contributed by atoms with Crippen molar-refractivity contribution in [3.05, 3.63) is 52.4 Å². The standard InChI is InChI=1S/C17H13ClF3N5O2/c1-8-7-12(17(19,20)21)26-15(22-8)13(18)14(25-26)16(28)24-11-5-3-10(4-6-11)23-9(2)27/h3-7H,1-2H3,(H,23,27)(H,24,28). The van der Waals surface area contributed by atoms with E-state index in [2.05, 4.69) is 20.7 Å². The molecule has 0 aliphatic heterocycles. The summed E-state index contributed by atoms with van der Waals surface area (Å²) in [6.07, 6.45) is -4.70. The molecule has 2 N–H and O–H groups in total. The van der Waals surface area contributed by atoms with Crippen molar-refractivity contribution in [2.24, 2.45) is 0 Å². The molecule has 0 bridgehead atoms. The third kappa shape index (κ3) is 3.91. The van der Waals surface area contributed by atoms with Crippen LogP contribution in [0.2, 0.25) is 5.02 Å². The van der Waals surface area contributed by atoms with E-state index in [4.69, 9.17) is 11.6 Å². The molecule has 2 heterocycles. The Kier molecular flexibility index (Phi) is 4.99. The van der Waals surface area contributed by atoms with Gasteiger partial charge in [0.05, 0.1) is 0 Å². The van der Waals surface area contributed by atoms with Crippen molar-refractivity contribution in [2.75, 3.05) is 10.6 Å². The third-order valence-corrected chi connectivity index (χ3v) is 3.98. The lowest BCUT2D eigenvalue weighted by Crippen LogP contribution is -2.16. The van der Waals surface area contributed by atoms with Gasteiger partial charge in [0.25, 0.3) is 5.91 Å². The van der Waals surface area contributed by atoms with Crippen LogP contribution >= 0.6 is 11.6 Å². The van der Waals surface area contributed by atoms with Gasteiger partial charge in [-0.3, -0.25) is 9.59 Å². The van der Waals surface area contributed by atoms with E-state index in [0.29, 0.717) is 15.9 Å². The van der Waals surface area contributed by atoms with E-state index in [-0.39, 0.29) is 22.3 Å². The van der Waals surface area contributed by atoms with E-state index >= 15 is 0 Å². The molecule has 11 heteroatoms. The summed E-state index contributed by atoms with van der Waals surface area (Å²) in [6, 6.07) is 6.94. The maximum atomic E-state index is 13.3. The van der Waals surface area contributed by atoms with Crippen molar-refractivity contribution in [1.29, 1.82) is 0 Å². The summed E-state index contributed by atoms with van der Waals surface area (Å²) in [6.45, 7) is 2.74. The molecule has 0 unspecified atom stereocenters. The van der Waals surface area contributed by atoms with Gasteiger partial charge in [-0.2, -0.15) is 18.3 Å². The van der Waals surface area contributed by atoms with Gasteiger partial charge in [-0.15, -0.1) is 0 Å². The summed E-state index contributed by atoms with van der Waals surface area (Å²) >= 11 is 6.07. The van der Waals surface area contributed by atoms with Gasteiger partial charge in [0.2, 0.25) is 5.91 Å². The first-order valence-corrected chi connectivity index (χ1v) is 8.26. The van der Waals surface area contributed by atoms with Gasteiger partial charge in [-0.05, 0) is 37.3 Å². The average Bonchev–Trinajstić information content (AvgIpc) is 2.91. The normalized spacial score (nSPS) is 11.5. The first kappa shape index (κ1) is 19.6. The van der Waals surface area contributed by atoms with Crippen molar-refractivity contribution in [3.63, 3.8) is 0 Å². The number of aryl methyl sites for hydroxylation is 1. The second-order valence-corrected chi connectivity index (χ2v) is 6.27. The van der Waals surface area contributed by atoms with Crippen molar-refractivity contribution in [1.82, 2.24) is 14.6 Å². The fraction of sp³-hybridized carbons (Fsp3) is 0.176. The quantitative estimate of drug-likeness (QED) is 0.683. The van der Waals surface area contributed by atoms with Crippen LogP contribution in [0.25, 0.3) is 5.65 Å². The lowest BCUT2D eigenvalue weighted by Gasteiger charge is -2.09. The van der Waals surface area contributed by atoms with Crippen LogP contribution in [0.5, 0.6) is 0 Å². The highest BCUT2D eigenvalue weighted by atomic mass is 35.5. The topological polar surface area (TPSA) is 88.4 Å². The van der Waals surface area contributed by atoms with Gasteiger partial charge in [-0.1, -0.05) is 11.6 Å². The number of aromatic nitrogens is 3. The number of rotatable bonds is 3. The number of carbonyl (C=O) groups is 2. The molecule has 3 rings (SSSR count). The van der Waals surface area contributed by atoms with Crippen LogP contribution in [-0.4, -0.2) is 26.4 Å². The van der Waals surface area contributed by atoms with Gasteiger partial charge in [0.1, 0.15) is 10.7 Å². The molecule has 0 saturated heterocycles. The van der Waals surface area contributed by atoms with Gasteiger partial charge < -0.3 is 10.6 Å². The Morgan fingerprint density at radius 3 is 2.21 bits per heavy atom. The Morgan fingerprint density at radius 1 is 1.11 bits per heavy atom. The van der Waals surface area contributed by atoms with Gasteiger partial charge in [0, 0.05) is 24.0 Å². The molecule has 0 atom stereocenters.